The second-order valence-corrected chi connectivity index (χ2v) is 11.9. The molecule has 0 unspecified atom stereocenters. The lowest BCUT2D eigenvalue weighted by atomic mass is 10.0. The van der Waals surface area contributed by atoms with Crippen molar-refractivity contribution in [1.82, 2.24) is 9.13 Å². The van der Waals surface area contributed by atoms with Gasteiger partial charge in [0, 0.05) is 21.5 Å². The highest BCUT2D eigenvalue weighted by Gasteiger charge is 2.22. The lowest BCUT2D eigenvalue weighted by molar-refractivity contribution is 0.969. The Morgan fingerprint density at radius 2 is 0.617 bits per heavy atom. The molecule has 6 nitrogen and oxygen atoms in total. The predicted molar refractivity (Wildman–Crippen MR) is 188 cm³/mol. The summed E-state index contributed by atoms with van der Waals surface area (Å²) in [6.07, 6.45) is 0.513. The number of rotatable bonds is 2. The number of nitrogens with zero attached hydrogens (tertiary/aromatic N) is 2. The third-order valence-corrected chi connectivity index (χ3v) is 9.39. The number of fused-ring (bicyclic) bond motifs is 9. The zero-order chi connectivity index (χ0) is 31.8. The third-order valence-electron chi connectivity index (χ3n) is 9.39. The Labute approximate surface area is 266 Å². The molecule has 0 saturated heterocycles. The molecule has 0 atom stereocenters. The average Bonchev–Trinajstić information content (AvgIpc) is 3.40. The van der Waals surface area contributed by atoms with E-state index in [1.807, 2.05) is 84.9 Å². The van der Waals surface area contributed by atoms with E-state index in [1.165, 1.54) is 9.13 Å². The molecule has 1 aliphatic rings. The van der Waals surface area contributed by atoms with Crippen molar-refractivity contribution in [1.29, 1.82) is 0 Å². The Hall–Kier alpha value is -6.40. The van der Waals surface area contributed by atoms with Gasteiger partial charge in [0.15, 0.2) is 0 Å². The van der Waals surface area contributed by atoms with Crippen LogP contribution in [0.1, 0.15) is 11.1 Å². The Kier molecular flexibility index (Phi) is 5.77. The van der Waals surface area contributed by atoms with E-state index in [1.54, 1.807) is 48.5 Å². The van der Waals surface area contributed by atoms with Crippen molar-refractivity contribution in [2.75, 3.05) is 0 Å². The maximum Gasteiger partial charge on any atom is 0.265 e. The zero-order valence-electron chi connectivity index (χ0n) is 24.9. The summed E-state index contributed by atoms with van der Waals surface area (Å²) in [4.78, 5) is 55.8. The molecule has 0 bridgehead atoms. The van der Waals surface area contributed by atoms with Gasteiger partial charge in [-0.05, 0) is 98.8 Å². The molecule has 0 spiro atoms. The first-order valence-corrected chi connectivity index (χ1v) is 15.4. The highest BCUT2D eigenvalue weighted by Crippen LogP contribution is 2.38. The van der Waals surface area contributed by atoms with Crippen LogP contribution < -0.4 is 22.2 Å². The van der Waals surface area contributed by atoms with Gasteiger partial charge in [0.05, 0.1) is 11.4 Å². The first-order chi connectivity index (χ1) is 23.0. The van der Waals surface area contributed by atoms with E-state index in [4.69, 9.17) is 0 Å². The monoisotopic (exact) mass is 608 g/mol. The molecule has 0 aliphatic heterocycles. The summed E-state index contributed by atoms with van der Waals surface area (Å²) in [6.45, 7) is 0. The normalized spacial score (nSPS) is 12.1. The van der Waals surface area contributed by atoms with Crippen molar-refractivity contribution in [3.8, 4) is 22.5 Å². The third kappa shape index (κ3) is 3.91. The van der Waals surface area contributed by atoms with Crippen LogP contribution in [0.4, 0.5) is 0 Å². The van der Waals surface area contributed by atoms with Crippen molar-refractivity contribution >= 4 is 43.1 Å². The highest BCUT2D eigenvalue weighted by molar-refractivity contribution is 6.06. The van der Waals surface area contributed by atoms with E-state index < -0.39 is 0 Å². The molecule has 6 aromatic carbocycles. The van der Waals surface area contributed by atoms with Crippen LogP contribution in [0.25, 0.3) is 65.6 Å². The molecule has 1 aliphatic carbocycles. The molecule has 2 heterocycles. The van der Waals surface area contributed by atoms with Gasteiger partial charge in [-0.2, -0.15) is 0 Å². The zero-order valence-corrected chi connectivity index (χ0v) is 24.9. The van der Waals surface area contributed by atoms with Crippen molar-refractivity contribution in [2.45, 2.75) is 6.42 Å². The SMILES string of the molecule is O=c1c2ccccc2c2ccccc2c(=O)n1-c1ccc2c(c1)Cc1cc(-n3c(=O)c4ccccc4c4ccccc4c3=O)ccc1-2. The first-order valence-electron chi connectivity index (χ1n) is 15.4. The highest BCUT2D eigenvalue weighted by atomic mass is 16.2. The second kappa shape index (κ2) is 10.1. The first kappa shape index (κ1) is 27.0. The van der Waals surface area contributed by atoms with Crippen molar-refractivity contribution in [3.63, 3.8) is 0 Å². The molecular weight excluding hydrogens is 584 g/mol. The van der Waals surface area contributed by atoms with E-state index in [-0.39, 0.29) is 22.2 Å². The molecule has 0 amide bonds. The van der Waals surface area contributed by atoms with Crippen LogP contribution in [-0.4, -0.2) is 9.13 Å². The summed E-state index contributed by atoms with van der Waals surface area (Å²) in [6, 6.07) is 40.5. The smallest absolute Gasteiger partial charge is 0.265 e. The van der Waals surface area contributed by atoms with Crippen molar-refractivity contribution in [3.05, 3.63) is 186 Å². The van der Waals surface area contributed by atoms with Gasteiger partial charge >= 0.3 is 0 Å². The molecule has 0 radical (unpaired) electrons. The molecule has 6 heteroatoms. The van der Waals surface area contributed by atoms with Gasteiger partial charge in [0.2, 0.25) is 0 Å². The Bertz CT molecular complexity index is 2580. The maximum atomic E-state index is 14.0. The van der Waals surface area contributed by atoms with Crippen LogP contribution >= 0.6 is 0 Å². The molecule has 0 saturated carbocycles. The van der Waals surface area contributed by atoms with Crippen molar-refractivity contribution < 1.29 is 0 Å². The number of benzene rings is 6. The molecule has 2 aromatic heterocycles. The van der Waals surface area contributed by atoms with Crippen molar-refractivity contribution in [2.24, 2.45) is 0 Å². The largest absolute Gasteiger partial charge is 0.268 e. The Balaban J connectivity index is 1.22. The molecular formula is C41H24N2O4. The fourth-order valence-corrected chi connectivity index (χ4v) is 7.21. The van der Waals surface area contributed by atoms with E-state index in [0.717, 1.165) is 43.8 Å². The quantitative estimate of drug-likeness (QED) is 0.214. The number of aromatic nitrogens is 2. The number of hydrogen-bond donors (Lipinski definition) is 0. The van der Waals surface area contributed by atoms with Gasteiger partial charge in [-0.1, -0.05) is 84.9 Å². The lowest BCUT2D eigenvalue weighted by Gasteiger charge is -2.07. The fraction of sp³-hybridized carbons (Fsp3) is 0.0244. The van der Waals surface area contributed by atoms with Crippen LogP contribution in [0, 0.1) is 0 Å². The van der Waals surface area contributed by atoms with E-state index >= 15 is 0 Å². The standard InChI is InChI=1S/C41H24N2O4/c44-38-34-13-5-1-9-30(34)31-10-2-6-14-35(31)39(45)42(38)26-17-19-28-24(22-26)21-25-23-27(18-20-29(25)28)43-40(46)36-15-7-3-11-32(36)33-12-4-8-16-37(33)41(43)47/h1-20,22-23H,21H2. The van der Waals surface area contributed by atoms with Gasteiger partial charge in [0.1, 0.15) is 0 Å². The van der Waals surface area contributed by atoms with Gasteiger partial charge < -0.3 is 0 Å². The fourth-order valence-electron chi connectivity index (χ4n) is 7.21. The summed E-state index contributed by atoms with van der Waals surface area (Å²) in [7, 11) is 0. The minimum Gasteiger partial charge on any atom is -0.268 e. The molecule has 0 N–H and O–H groups in total. The Morgan fingerprint density at radius 3 is 0.915 bits per heavy atom. The van der Waals surface area contributed by atoms with Crippen LogP contribution in [0.2, 0.25) is 0 Å². The summed E-state index contributed by atoms with van der Waals surface area (Å²) in [5, 5.41) is 4.79. The van der Waals surface area contributed by atoms with E-state index in [0.29, 0.717) is 39.3 Å². The van der Waals surface area contributed by atoms with Crippen LogP contribution in [0.5, 0.6) is 0 Å². The lowest BCUT2D eigenvalue weighted by Crippen LogP contribution is -2.28. The van der Waals surface area contributed by atoms with E-state index in [9.17, 15) is 19.2 Å². The number of hydrogen-bond acceptors (Lipinski definition) is 4. The maximum absolute atomic E-state index is 14.0. The van der Waals surface area contributed by atoms with Crippen LogP contribution in [-0.2, 0) is 6.42 Å². The van der Waals surface area contributed by atoms with E-state index in [2.05, 4.69) is 0 Å². The van der Waals surface area contributed by atoms with Gasteiger partial charge in [0.25, 0.3) is 22.2 Å². The van der Waals surface area contributed by atoms with Gasteiger partial charge in [-0.3, -0.25) is 19.2 Å². The molecule has 222 valence electrons. The topological polar surface area (TPSA) is 78.1 Å². The van der Waals surface area contributed by atoms with Crippen LogP contribution in [0.3, 0.4) is 0 Å². The minimum absolute atomic E-state index is 0.377. The Morgan fingerprint density at radius 1 is 0.340 bits per heavy atom. The second-order valence-electron chi connectivity index (χ2n) is 11.9. The molecule has 8 aromatic rings. The average molecular weight is 609 g/mol. The summed E-state index contributed by atoms with van der Waals surface area (Å²) in [5.41, 5.74) is 3.34. The van der Waals surface area contributed by atoms with Crippen LogP contribution in [0.15, 0.2) is 153 Å². The molecule has 47 heavy (non-hydrogen) atoms. The van der Waals surface area contributed by atoms with Gasteiger partial charge in [-0.15, -0.1) is 0 Å². The molecule has 0 fully saturated rings. The van der Waals surface area contributed by atoms with Gasteiger partial charge in [-0.25, -0.2) is 9.13 Å². The summed E-state index contributed by atoms with van der Waals surface area (Å²) >= 11 is 0. The summed E-state index contributed by atoms with van der Waals surface area (Å²) in [5.74, 6) is 0. The predicted octanol–water partition coefficient (Wildman–Crippen LogP) is 6.89. The molecule has 9 rings (SSSR count). The summed E-state index contributed by atoms with van der Waals surface area (Å²) < 4.78 is 2.53. The minimum atomic E-state index is -0.377.